The van der Waals surface area contributed by atoms with Crippen LogP contribution in [0.3, 0.4) is 0 Å². The highest BCUT2D eigenvalue weighted by atomic mass is 32.1. The SMILES string of the molecule is Cc1nc(Cc2nc(C)c(F)c(N)n2)cs1. The summed E-state index contributed by atoms with van der Waals surface area (Å²) >= 11 is 1.56. The van der Waals surface area contributed by atoms with Crippen molar-refractivity contribution in [1.82, 2.24) is 15.0 Å². The summed E-state index contributed by atoms with van der Waals surface area (Å²) in [6.07, 6.45) is 0.482. The van der Waals surface area contributed by atoms with Crippen molar-refractivity contribution in [3.63, 3.8) is 0 Å². The van der Waals surface area contributed by atoms with Crippen LogP contribution in [0.25, 0.3) is 0 Å². The van der Waals surface area contributed by atoms with Crippen molar-refractivity contribution in [3.05, 3.63) is 33.4 Å². The molecule has 6 heteroatoms. The van der Waals surface area contributed by atoms with Crippen LogP contribution >= 0.6 is 11.3 Å². The van der Waals surface area contributed by atoms with E-state index in [9.17, 15) is 4.39 Å². The predicted octanol–water partition coefficient (Wildman–Crippen LogP) is 1.86. The predicted molar refractivity (Wildman–Crippen MR) is 60.8 cm³/mol. The van der Waals surface area contributed by atoms with Gasteiger partial charge in [0.1, 0.15) is 5.82 Å². The molecule has 0 saturated carbocycles. The standard InChI is InChI=1S/C10H11FN4S/c1-5-9(11)10(12)15-8(13-5)3-7-4-16-6(2)14-7/h4H,3H2,1-2H3,(H2,12,13,15). The Morgan fingerprint density at radius 2 is 2.06 bits per heavy atom. The summed E-state index contributed by atoms with van der Waals surface area (Å²) < 4.78 is 13.2. The van der Waals surface area contributed by atoms with E-state index in [0.29, 0.717) is 12.2 Å². The van der Waals surface area contributed by atoms with Gasteiger partial charge in [0.2, 0.25) is 0 Å². The zero-order valence-electron chi connectivity index (χ0n) is 8.99. The van der Waals surface area contributed by atoms with Crippen molar-refractivity contribution < 1.29 is 4.39 Å². The maximum Gasteiger partial charge on any atom is 0.186 e. The number of hydrogen-bond donors (Lipinski definition) is 1. The minimum Gasteiger partial charge on any atom is -0.381 e. The van der Waals surface area contributed by atoms with E-state index in [2.05, 4.69) is 15.0 Å². The molecular weight excluding hydrogens is 227 g/mol. The van der Waals surface area contributed by atoms with Gasteiger partial charge in [0.15, 0.2) is 11.6 Å². The normalized spacial score (nSPS) is 10.7. The van der Waals surface area contributed by atoms with Crippen LogP contribution in [-0.4, -0.2) is 15.0 Å². The fourth-order valence-corrected chi connectivity index (χ4v) is 1.98. The summed E-state index contributed by atoms with van der Waals surface area (Å²) in [5.41, 5.74) is 6.59. The van der Waals surface area contributed by atoms with Gasteiger partial charge in [-0.05, 0) is 13.8 Å². The van der Waals surface area contributed by atoms with Gasteiger partial charge in [-0.25, -0.2) is 19.3 Å². The Morgan fingerprint density at radius 1 is 1.31 bits per heavy atom. The zero-order chi connectivity index (χ0) is 11.7. The fourth-order valence-electron chi connectivity index (χ4n) is 1.37. The van der Waals surface area contributed by atoms with E-state index in [0.717, 1.165) is 10.7 Å². The monoisotopic (exact) mass is 238 g/mol. The smallest absolute Gasteiger partial charge is 0.186 e. The van der Waals surface area contributed by atoms with Crippen LogP contribution in [0.5, 0.6) is 0 Å². The first-order chi connectivity index (χ1) is 7.56. The summed E-state index contributed by atoms with van der Waals surface area (Å²) in [5, 5.41) is 2.93. The summed E-state index contributed by atoms with van der Waals surface area (Å²) in [6, 6.07) is 0. The van der Waals surface area contributed by atoms with Crippen molar-refractivity contribution in [2.24, 2.45) is 0 Å². The number of nitrogen functional groups attached to an aromatic ring is 1. The highest BCUT2D eigenvalue weighted by Gasteiger charge is 2.10. The summed E-state index contributed by atoms with van der Waals surface area (Å²) in [4.78, 5) is 12.2. The van der Waals surface area contributed by atoms with Crippen molar-refractivity contribution in [1.29, 1.82) is 0 Å². The summed E-state index contributed by atoms with van der Waals surface area (Å²) in [6.45, 7) is 3.50. The quantitative estimate of drug-likeness (QED) is 0.867. The molecule has 0 bridgehead atoms. The first-order valence-corrected chi connectivity index (χ1v) is 5.63. The Hall–Kier alpha value is -1.56. The molecule has 2 rings (SSSR count). The molecule has 2 aromatic rings. The lowest BCUT2D eigenvalue weighted by molar-refractivity contribution is 0.603. The lowest BCUT2D eigenvalue weighted by atomic mass is 10.3. The van der Waals surface area contributed by atoms with Crippen molar-refractivity contribution in [3.8, 4) is 0 Å². The largest absolute Gasteiger partial charge is 0.381 e. The van der Waals surface area contributed by atoms with Crippen LogP contribution < -0.4 is 5.73 Å². The molecule has 0 aromatic carbocycles. The lowest BCUT2D eigenvalue weighted by Crippen LogP contribution is -2.06. The number of nitrogens with two attached hydrogens (primary N) is 1. The number of rotatable bonds is 2. The van der Waals surface area contributed by atoms with Crippen LogP contribution in [0.1, 0.15) is 22.2 Å². The lowest BCUT2D eigenvalue weighted by Gasteiger charge is -2.02. The molecule has 2 aromatic heterocycles. The van der Waals surface area contributed by atoms with Gasteiger partial charge in [-0.1, -0.05) is 0 Å². The highest BCUT2D eigenvalue weighted by molar-refractivity contribution is 7.09. The second-order valence-corrected chi connectivity index (χ2v) is 4.52. The van der Waals surface area contributed by atoms with Gasteiger partial charge in [0.25, 0.3) is 0 Å². The van der Waals surface area contributed by atoms with Gasteiger partial charge in [-0.15, -0.1) is 11.3 Å². The van der Waals surface area contributed by atoms with Crippen LogP contribution in [0.4, 0.5) is 10.2 Å². The van der Waals surface area contributed by atoms with Crippen LogP contribution in [0.2, 0.25) is 0 Å². The van der Waals surface area contributed by atoms with Crippen molar-refractivity contribution in [2.75, 3.05) is 5.73 Å². The molecule has 0 saturated heterocycles. The van der Waals surface area contributed by atoms with Gasteiger partial charge in [-0.3, -0.25) is 0 Å². The van der Waals surface area contributed by atoms with E-state index in [1.165, 1.54) is 0 Å². The molecule has 0 fully saturated rings. The zero-order valence-corrected chi connectivity index (χ0v) is 9.81. The van der Waals surface area contributed by atoms with Gasteiger partial charge >= 0.3 is 0 Å². The van der Waals surface area contributed by atoms with E-state index in [1.54, 1.807) is 18.3 Å². The molecule has 0 aliphatic rings. The Bertz CT molecular complexity index is 500. The number of hydrogen-bond acceptors (Lipinski definition) is 5. The van der Waals surface area contributed by atoms with Crippen LogP contribution in [0.15, 0.2) is 5.38 Å². The molecule has 0 atom stereocenters. The number of aromatic nitrogens is 3. The van der Waals surface area contributed by atoms with E-state index >= 15 is 0 Å². The Morgan fingerprint density at radius 3 is 2.62 bits per heavy atom. The number of thiazole rings is 1. The van der Waals surface area contributed by atoms with Crippen molar-refractivity contribution in [2.45, 2.75) is 20.3 Å². The molecule has 0 spiro atoms. The topological polar surface area (TPSA) is 64.7 Å². The molecule has 4 nitrogen and oxygen atoms in total. The molecule has 0 amide bonds. The van der Waals surface area contributed by atoms with Gasteiger partial charge < -0.3 is 5.73 Å². The molecule has 0 aliphatic carbocycles. The number of halogens is 1. The number of anilines is 1. The van der Waals surface area contributed by atoms with E-state index in [1.807, 2.05) is 12.3 Å². The number of nitrogens with zero attached hydrogens (tertiary/aromatic N) is 3. The van der Waals surface area contributed by atoms with E-state index in [-0.39, 0.29) is 11.5 Å². The molecule has 16 heavy (non-hydrogen) atoms. The maximum atomic E-state index is 13.2. The Balaban J connectivity index is 2.28. The van der Waals surface area contributed by atoms with E-state index < -0.39 is 5.82 Å². The first kappa shape index (κ1) is 10.9. The first-order valence-electron chi connectivity index (χ1n) is 4.75. The second kappa shape index (κ2) is 4.13. The minimum atomic E-state index is -0.543. The number of aryl methyl sites for hydroxylation is 2. The molecule has 2 heterocycles. The average molecular weight is 238 g/mol. The van der Waals surface area contributed by atoms with Gasteiger partial charge in [0, 0.05) is 5.38 Å². The fraction of sp³-hybridized carbons (Fsp3) is 0.300. The summed E-state index contributed by atoms with van der Waals surface area (Å²) in [7, 11) is 0. The molecule has 0 radical (unpaired) electrons. The minimum absolute atomic E-state index is 0.102. The highest BCUT2D eigenvalue weighted by Crippen LogP contribution is 2.14. The summed E-state index contributed by atoms with van der Waals surface area (Å²) in [5.74, 6) is -0.144. The maximum absolute atomic E-state index is 13.2. The van der Waals surface area contributed by atoms with Gasteiger partial charge in [0.05, 0.1) is 22.8 Å². The average Bonchev–Trinajstić information content (AvgIpc) is 2.60. The van der Waals surface area contributed by atoms with Crippen molar-refractivity contribution >= 4 is 17.2 Å². The third-order valence-electron chi connectivity index (χ3n) is 2.09. The molecule has 84 valence electrons. The molecule has 0 unspecified atom stereocenters. The van der Waals surface area contributed by atoms with Crippen LogP contribution in [0, 0.1) is 19.7 Å². The van der Waals surface area contributed by atoms with Gasteiger partial charge in [-0.2, -0.15) is 0 Å². The Kier molecular flexibility index (Phi) is 2.82. The van der Waals surface area contributed by atoms with Crippen LogP contribution in [-0.2, 0) is 6.42 Å². The third kappa shape index (κ3) is 2.16. The second-order valence-electron chi connectivity index (χ2n) is 3.46. The molecule has 0 aliphatic heterocycles. The Labute approximate surface area is 96.4 Å². The third-order valence-corrected chi connectivity index (χ3v) is 2.92. The molecular formula is C10H11FN4S. The molecule has 2 N–H and O–H groups in total. The van der Waals surface area contributed by atoms with E-state index in [4.69, 9.17) is 5.73 Å².